The molecule has 122 valence electrons. The number of aliphatic hydroxyl groups excluding tert-OH is 1. The minimum atomic E-state index is -0.0740. The summed E-state index contributed by atoms with van der Waals surface area (Å²) in [5.41, 5.74) is 0. The molecule has 2 unspecified atom stereocenters. The van der Waals surface area contributed by atoms with E-state index < -0.39 is 0 Å². The highest BCUT2D eigenvalue weighted by atomic mass is 16.3. The van der Waals surface area contributed by atoms with Crippen molar-refractivity contribution in [3.8, 4) is 0 Å². The van der Waals surface area contributed by atoms with Gasteiger partial charge >= 0.3 is 0 Å². The molecule has 3 heterocycles. The Hall–Kier alpha value is -1.40. The first-order chi connectivity index (χ1) is 10.7. The van der Waals surface area contributed by atoms with E-state index in [0.717, 1.165) is 57.8 Å². The number of aryl methyl sites for hydroxylation is 1. The summed E-state index contributed by atoms with van der Waals surface area (Å²) in [6.45, 7) is 6.49. The van der Waals surface area contributed by atoms with Crippen molar-refractivity contribution in [1.29, 1.82) is 0 Å². The number of fused-ring (bicyclic) bond motifs is 1. The zero-order chi connectivity index (χ0) is 15.5. The van der Waals surface area contributed by atoms with Gasteiger partial charge in [0.25, 0.3) is 0 Å². The third kappa shape index (κ3) is 2.90. The van der Waals surface area contributed by atoms with Crippen molar-refractivity contribution in [2.75, 3.05) is 32.8 Å². The van der Waals surface area contributed by atoms with E-state index in [-0.39, 0.29) is 24.5 Å². The molecule has 1 saturated heterocycles. The summed E-state index contributed by atoms with van der Waals surface area (Å²) in [5, 5.41) is 9.41. The standard InChI is InChI=1S/C16H26N4O2/c1-2-13(12-21)18-8-10-20(11-9-18)16(22)14-4-3-6-19-7-5-17-15(14)19/h5,7,13-14,21H,2-4,6,8-12H2,1H3. The van der Waals surface area contributed by atoms with Crippen LogP contribution in [0.3, 0.4) is 0 Å². The molecule has 0 aromatic carbocycles. The molecule has 3 rings (SSSR count). The Balaban J connectivity index is 1.62. The molecule has 1 amide bonds. The summed E-state index contributed by atoms with van der Waals surface area (Å²) in [6.07, 6.45) is 6.67. The van der Waals surface area contributed by atoms with Gasteiger partial charge in [-0.05, 0) is 19.3 Å². The predicted octanol–water partition coefficient (Wildman–Crippen LogP) is 0.676. The molecule has 0 aliphatic carbocycles. The summed E-state index contributed by atoms with van der Waals surface area (Å²) >= 11 is 0. The molecular weight excluding hydrogens is 280 g/mol. The van der Waals surface area contributed by atoms with Crippen LogP contribution in [0.4, 0.5) is 0 Å². The fraction of sp³-hybridized carbons (Fsp3) is 0.750. The molecule has 0 bridgehead atoms. The van der Waals surface area contributed by atoms with Crippen molar-refractivity contribution >= 4 is 5.91 Å². The maximum atomic E-state index is 12.8. The lowest BCUT2D eigenvalue weighted by atomic mass is 9.97. The predicted molar refractivity (Wildman–Crippen MR) is 83.5 cm³/mol. The number of piperazine rings is 1. The van der Waals surface area contributed by atoms with Crippen molar-refractivity contribution in [2.45, 2.75) is 44.7 Å². The van der Waals surface area contributed by atoms with Crippen molar-refractivity contribution in [2.24, 2.45) is 0 Å². The van der Waals surface area contributed by atoms with E-state index in [2.05, 4.69) is 21.4 Å². The van der Waals surface area contributed by atoms with Gasteiger partial charge < -0.3 is 14.6 Å². The van der Waals surface area contributed by atoms with E-state index in [0.29, 0.717) is 0 Å². The molecular formula is C16H26N4O2. The number of hydrogen-bond donors (Lipinski definition) is 1. The Bertz CT molecular complexity index is 504. The topological polar surface area (TPSA) is 61.6 Å². The second kappa shape index (κ2) is 6.79. The molecule has 1 aromatic rings. The highest BCUT2D eigenvalue weighted by Crippen LogP contribution is 2.28. The van der Waals surface area contributed by atoms with Gasteiger partial charge in [-0.1, -0.05) is 6.92 Å². The Morgan fingerprint density at radius 1 is 1.36 bits per heavy atom. The number of rotatable bonds is 4. The zero-order valence-corrected chi connectivity index (χ0v) is 13.3. The normalized spacial score (nSPS) is 24.1. The van der Waals surface area contributed by atoms with Gasteiger partial charge in [-0.25, -0.2) is 4.98 Å². The van der Waals surface area contributed by atoms with Crippen LogP contribution >= 0.6 is 0 Å². The largest absolute Gasteiger partial charge is 0.395 e. The van der Waals surface area contributed by atoms with Crippen LogP contribution in [0.25, 0.3) is 0 Å². The maximum Gasteiger partial charge on any atom is 0.233 e. The SMILES string of the molecule is CCC(CO)N1CCN(C(=O)C2CCCn3ccnc32)CC1. The van der Waals surface area contributed by atoms with E-state index in [4.69, 9.17) is 0 Å². The first-order valence-corrected chi connectivity index (χ1v) is 8.39. The number of imidazole rings is 1. The van der Waals surface area contributed by atoms with Crippen LogP contribution in [-0.4, -0.2) is 69.2 Å². The summed E-state index contributed by atoms with van der Waals surface area (Å²) in [7, 11) is 0. The van der Waals surface area contributed by atoms with Crippen molar-refractivity contribution in [1.82, 2.24) is 19.4 Å². The average molecular weight is 306 g/mol. The number of nitrogens with zero attached hydrogens (tertiary/aromatic N) is 4. The van der Waals surface area contributed by atoms with E-state index in [1.165, 1.54) is 0 Å². The average Bonchev–Trinajstić information content (AvgIpc) is 3.04. The van der Waals surface area contributed by atoms with Crippen LogP contribution in [0, 0.1) is 0 Å². The monoisotopic (exact) mass is 306 g/mol. The quantitative estimate of drug-likeness (QED) is 0.888. The highest BCUT2D eigenvalue weighted by molar-refractivity contribution is 5.83. The summed E-state index contributed by atoms with van der Waals surface area (Å²) in [6, 6.07) is 0.228. The maximum absolute atomic E-state index is 12.8. The molecule has 22 heavy (non-hydrogen) atoms. The highest BCUT2D eigenvalue weighted by Gasteiger charge is 2.33. The van der Waals surface area contributed by atoms with Gasteiger partial charge in [0.05, 0.1) is 12.5 Å². The van der Waals surface area contributed by atoms with E-state index in [1.54, 1.807) is 6.20 Å². The van der Waals surface area contributed by atoms with Crippen LogP contribution in [-0.2, 0) is 11.3 Å². The Labute approximate surface area is 131 Å². The fourth-order valence-corrected chi connectivity index (χ4v) is 3.68. The molecule has 1 N–H and O–H groups in total. The molecule has 2 aliphatic heterocycles. The second-order valence-electron chi connectivity index (χ2n) is 6.28. The van der Waals surface area contributed by atoms with Gasteiger partial charge in [0.1, 0.15) is 5.82 Å². The minimum absolute atomic E-state index is 0.0740. The lowest BCUT2D eigenvalue weighted by Crippen LogP contribution is -2.53. The van der Waals surface area contributed by atoms with Crippen LogP contribution in [0.1, 0.15) is 37.9 Å². The molecule has 2 atom stereocenters. The first-order valence-electron chi connectivity index (χ1n) is 8.39. The second-order valence-corrected chi connectivity index (χ2v) is 6.28. The van der Waals surface area contributed by atoms with E-state index >= 15 is 0 Å². The number of carbonyl (C=O) groups is 1. The molecule has 0 radical (unpaired) electrons. The Morgan fingerprint density at radius 3 is 2.82 bits per heavy atom. The van der Waals surface area contributed by atoms with Gasteiger partial charge in [-0.3, -0.25) is 9.69 Å². The van der Waals surface area contributed by atoms with Crippen molar-refractivity contribution < 1.29 is 9.90 Å². The third-order valence-corrected chi connectivity index (χ3v) is 5.07. The Kier molecular flexibility index (Phi) is 4.78. The van der Waals surface area contributed by atoms with Crippen LogP contribution < -0.4 is 0 Å². The van der Waals surface area contributed by atoms with Gasteiger partial charge in [-0.2, -0.15) is 0 Å². The van der Waals surface area contributed by atoms with Gasteiger partial charge in [-0.15, -0.1) is 0 Å². The molecule has 1 fully saturated rings. The number of amides is 1. The summed E-state index contributed by atoms with van der Waals surface area (Å²) < 4.78 is 2.11. The van der Waals surface area contributed by atoms with Gasteiger partial charge in [0.15, 0.2) is 0 Å². The van der Waals surface area contributed by atoms with Crippen LogP contribution in [0.2, 0.25) is 0 Å². The molecule has 6 nitrogen and oxygen atoms in total. The molecule has 2 aliphatic rings. The lowest BCUT2D eigenvalue weighted by Gasteiger charge is -2.39. The number of hydrogen-bond acceptors (Lipinski definition) is 4. The molecule has 0 saturated carbocycles. The van der Waals surface area contributed by atoms with E-state index in [1.807, 2.05) is 11.1 Å². The number of aliphatic hydroxyl groups is 1. The first kappa shape index (κ1) is 15.5. The molecule has 1 aromatic heterocycles. The minimum Gasteiger partial charge on any atom is -0.395 e. The smallest absolute Gasteiger partial charge is 0.233 e. The van der Waals surface area contributed by atoms with Gasteiger partial charge in [0, 0.05) is 51.2 Å². The zero-order valence-electron chi connectivity index (χ0n) is 13.3. The molecule has 6 heteroatoms. The Morgan fingerprint density at radius 2 is 2.14 bits per heavy atom. The van der Waals surface area contributed by atoms with Crippen LogP contribution in [0.15, 0.2) is 12.4 Å². The van der Waals surface area contributed by atoms with Crippen molar-refractivity contribution in [3.05, 3.63) is 18.2 Å². The summed E-state index contributed by atoms with van der Waals surface area (Å²) in [4.78, 5) is 21.5. The summed E-state index contributed by atoms with van der Waals surface area (Å²) in [5.74, 6) is 1.08. The van der Waals surface area contributed by atoms with E-state index in [9.17, 15) is 9.90 Å². The van der Waals surface area contributed by atoms with Gasteiger partial charge in [0.2, 0.25) is 5.91 Å². The third-order valence-electron chi connectivity index (χ3n) is 5.07. The lowest BCUT2D eigenvalue weighted by molar-refractivity contribution is -0.135. The fourth-order valence-electron chi connectivity index (χ4n) is 3.68. The number of aromatic nitrogens is 2. The van der Waals surface area contributed by atoms with Crippen LogP contribution in [0.5, 0.6) is 0 Å². The molecule has 0 spiro atoms. The van der Waals surface area contributed by atoms with Crippen molar-refractivity contribution in [3.63, 3.8) is 0 Å². The number of carbonyl (C=O) groups excluding carboxylic acids is 1.